The second-order valence-corrected chi connectivity index (χ2v) is 5.67. The van der Waals surface area contributed by atoms with Crippen molar-refractivity contribution >= 4 is 11.7 Å². The molecule has 0 aliphatic carbocycles. The van der Waals surface area contributed by atoms with Crippen molar-refractivity contribution in [2.75, 3.05) is 19.0 Å². The Balaban J connectivity index is 1.97. The van der Waals surface area contributed by atoms with Gasteiger partial charge in [0.25, 0.3) is 0 Å². The fraction of sp³-hybridized carbons (Fsp3) is 0.278. The van der Waals surface area contributed by atoms with Crippen LogP contribution in [0.2, 0.25) is 0 Å². The quantitative estimate of drug-likeness (QED) is 0.754. The van der Waals surface area contributed by atoms with Gasteiger partial charge in [0.15, 0.2) is 6.61 Å². The van der Waals surface area contributed by atoms with E-state index in [2.05, 4.69) is 10.1 Å². The summed E-state index contributed by atoms with van der Waals surface area (Å²) in [6.45, 7) is 0.299. The molecule has 2 rings (SSSR count). The number of rotatable bonds is 5. The molecule has 0 spiro atoms. The summed E-state index contributed by atoms with van der Waals surface area (Å²) >= 11 is 0. The Kier molecular flexibility index (Phi) is 6.07. The maximum atomic E-state index is 13.8. The first kappa shape index (κ1) is 19.6. The van der Waals surface area contributed by atoms with Gasteiger partial charge in [0.2, 0.25) is 0 Å². The molecule has 140 valence electrons. The van der Waals surface area contributed by atoms with Crippen molar-refractivity contribution < 1.29 is 27.1 Å². The smallest absolute Gasteiger partial charge is 0.422 e. The predicted molar refractivity (Wildman–Crippen MR) is 89.6 cm³/mol. The number of urea groups is 1. The van der Waals surface area contributed by atoms with Gasteiger partial charge < -0.3 is 15.0 Å². The number of hydrogen-bond acceptors (Lipinski definition) is 2. The Bertz CT molecular complexity index is 748. The van der Waals surface area contributed by atoms with Gasteiger partial charge in [-0.05, 0) is 37.3 Å². The van der Waals surface area contributed by atoms with Crippen molar-refractivity contribution in [1.29, 1.82) is 0 Å². The molecule has 0 fully saturated rings. The van der Waals surface area contributed by atoms with Crippen LogP contribution in [0.4, 0.5) is 28.0 Å². The molecule has 0 saturated carbocycles. The Morgan fingerprint density at radius 3 is 2.35 bits per heavy atom. The van der Waals surface area contributed by atoms with Gasteiger partial charge in [-0.3, -0.25) is 0 Å². The molecule has 0 radical (unpaired) electrons. The Hall–Kier alpha value is -2.77. The zero-order chi connectivity index (χ0) is 19.3. The molecule has 0 aliphatic heterocycles. The summed E-state index contributed by atoms with van der Waals surface area (Å²) in [5.74, 6) is -0.376. The van der Waals surface area contributed by atoms with Crippen LogP contribution in [0.3, 0.4) is 0 Å². The molecule has 0 aliphatic rings. The van der Waals surface area contributed by atoms with E-state index in [1.54, 1.807) is 25.1 Å². The number of anilines is 1. The van der Waals surface area contributed by atoms with E-state index in [1.807, 2.05) is 0 Å². The molecule has 1 unspecified atom stereocenters. The molecule has 1 atom stereocenters. The third kappa shape index (κ3) is 5.37. The second-order valence-electron chi connectivity index (χ2n) is 5.67. The van der Waals surface area contributed by atoms with E-state index in [1.165, 1.54) is 42.3 Å². The molecular formula is C18H18F4N2O2. The molecule has 2 amide bonds. The minimum Gasteiger partial charge on any atom is -0.484 e. The first-order valence-electron chi connectivity index (χ1n) is 7.75. The summed E-state index contributed by atoms with van der Waals surface area (Å²) < 4.78 is 54.8. The van der Waals surface area contributed by atoms with Crippen LogP contribution in [0.25, 0.3) is 0 Å². The lowest BCUT2D eigenvalue weighted by Gasteiger charge is -2.26. The number of carbonyl (C=O) groups excluding carboxylic acids is 1. The highest BCUT2D eigenvalue weighted by Gasteiger charge is 2.28. The summed E-state index contributed by atoms with van der Waals surface area (Å²) in [5.41, 5.74) is 0.753. The summed E-state index contributed by atoms with van der Waals surface area (Å²) in [6, 6.07) is 10.7. The average molecular weight is 370 g/mol. The molecule has 1 N–H and O–H groups in total. The molecule has 4 nitrogen and oxygen atoms in total. The number of ether oxygens (including phenoxy) is 1. The lowest BCUT2D eigenvalue weighted by Crippen LogP contribution is -2.34. The van der Waals surface area contributed by atoms with Crippen LogP contribution in [0.5, 0.6) is 5.75 Å². The van der Waals surface area contributed by atoms with Crippen LogP contribution in [0, 0.1) is 5.82 Å². The Morgan fingerprint density at radius 2 is 1.77 bits per heavy atom. The third-order valence-corrected chi connectivity index (χ3v) is 3.76. The van der Waals surface area contributed by atoms with Crippen LogP contribution < -0.4 is 10.1 Å². The van der Waals surface area contributed by atoms with Crippen LogP contribution >= 0.6 is 0 Å². The van der Waals surface area contributed by atoms with Crippen LogP contribution in [0.1, 0.15) is 18.5 Å². The van der Waals surface area contributed by atoms with Gasteiger partial charge in [0.05, 0.1) is 6.04 Å². The van der Waals surface area contributed by atoms with Crippen LogP contribution in [0.15, 0.2) is 48.5 Å². The molecular weight excluding hydrogens is 352 g/mol. The first-order chi connectivity index (χ1) is 12.2. The molecule has 0 saturated heterocycles. The molecule has 8 heteroatoms. The molecule has 0 heterocycles. The molecule has 26 heavy (non-hydrogen) atoms. The Labute approximate surface area is 148 Å². The summed E-state index contributed by atoms with van der Waals surface area (Å²) in [6.07, 6.45) is -4.42. The topological polar surface area (TPSA) is 41.6 Å². The van der Waals surface area contributed by atoms with Crippen molar-refractivity contribution in [1.82, 2.24) is 4.90 Å². The van der Waals surface area contributed by atoms with Gasteiger partial charge in [-0.1, -0.05) is 18.2 Å². The van der Waals surface area contributed by atoms with Crippen LogP contribution in [-0.4, -0.2) is 30.8 Å². The predicted octanol–water partition coefficient (Wildman–Crippen LogP) is 4.99. The summed E-state index contributed by atoms with van der Waals surface area (Å²) in [5, 5.41) is 2.60. The van der Waals surface area contributed by atoms with Gasteiger partial charge in [0.1, 0.15) is 11.6 Å². The first-order valence-corrected chi connectivity index (χ1v) is 7.75. The van der Waals surface area contributed by atoms with E-state index >= 15 is 0 Å². The van der Waals surface area contributed by atoms with Gasteiger partial charge >= 0.3 is 12.2 Å². The lowest BCUT2D eigenvalue weighted by atomic mass is 10.1. The fourth-order valence-corrected chi connectivity index (χ4v) is 2.21. The van der Waals surface area contributed by atoms with E-state index in [9.17, 15) is 22.4 Å². The van der Waals surface area contributed by atoms with Gasteiger partial charge in [-0.2, -0.15) is 13.2 Å². The fourth-order valence-electron chi connectivity index (χ4n) is 2.21. The van der Waals surface area contributed by atoms with E-state index in [-0.39, 0.29) is 5.75 Å². The minimum absolute atomic E-state index is 0.0356. The molecule has 2 aromatic rings. The van der Waals surface area contributed by atoms with Gasteiger partial charge in [-0.15, -0.1) is 0 Å². The number of halogens is 4. The average Bonchev–Trinajstić information content (AvgIpc) is 2.59. The standard InChI is InChI=1S/C18H18F4N2O2/c1-12(15-5-3-4-6-16(15)19)24(2)17(25)23-13-7-9-14(10-8-13)26-11-18(20,21)22/h3-10,12H,11H2,1-2H3,(H,23,25). The molecule has 0 aromatic heterocycles. The zero-order valence-electron chi connectivity index (χ0n) is 14.2. The number of amides is 2. The number of carbonyl (C=O) groups is 1. The molecule has 0 bridgehead atoms. The maximum absolute atomic E-state index is 13.8. The number of alkyl halides is 3. The van der Waals surface area contributed by atoms with Crippen molar-refractivity contribution in [3.8, 4) is 5.75 Å². The van der Waals surface area contributed by atoms with E-state index in [0.717, 1.165) is 0 Å². The van der Waals surface area contributed by atoms with Crippen molar-refractivity contribution in [3.63, 3.8) is 0 Å². The number of nitrogens with zero attached hydrogens (tertiary/aromatic N) is 1. The van der Waals surface area contributed by atoms with E-state index in [0.29, 0.717) is 11.3 Å². The van der Waals surface area contributed by atoms with Crippen molar-refractivity contribution in [2.45, 2.75) is 19.1 Å². The van der Waals surface area contributed by atoms with Gasteiger partial charge in [-0.25, -0.2) is 9.18 Å². The second kappa shape index (κ2) is 8.07. The Morgan fingerprint density at radius 1 is 1.15 bits per heavy atom. The number of hydrogen-bond donors (Lipinski definition) is 1. The normalized spacial score (nSPS) is 12.4. The minimum atomic E-state index is -4.42. The number of benzene rings is 2. The van der Waals surface area contributed by atoms with Crippen molar-refractivity contribution in [3.05, 3.63) is 59.9 Å². The van der Waals surface area contributed by atoms with Crippen molar-refractivity contribution in [2.24, 2.45) is 0 Å². The summed E-state index contributed by atoms with van der Waals surface area (Å²) in [4.78, 5) is 13.6. The summed E-state index contributed by atoms with van der Waals surface area (Å²) in [7, 11) is 1.52. The molecule has 2 aromatic carbocycles. The van der Waals surface area contributed by atoms with E-state index < -0.39 is 30.7 Å². The maximum Gasteiger partial charge on any atom is 0.422 e. The zero-order valence-corrected chi connectivity index (χ0v) is 14.2. The third-order valence-electron chi connectivity index (χ3n) is 3.76. The van der Waals surface area contributed by atoms with E-state index in [4.69, 9.17) is 0 Å². The lowest BCUT2D eigenvalue weighted by molar-refractivity contribution is -0.153. The highest BCUT2D eigenvalue weighted by atomic mass is 19.4. The van der Waals surface area contributed by atoms with Crippen LogP contribution in [-0.2, 0) is 0 Å². The number of nitrogens with one attached hydrogen (secondary N) is 1. The SMILES string of the molecule is CC(c1ccccc1F)N(C)C(=O)Nc1ccc(OCC(F)(F)F)cc1. The van der Waals surface area contributed by atoms with Gasteiger partial charge in [0, 0.05) is 18.3 Å². The monoisotopic (exact) mass is 370 g/mol. The largest absolute Gasteiger partial charge is 0.484 e. The highest BCUT2D eigenvalue weighted by molar-refractivity contribution is 5.89. The highest BCUT2D eigenvalue weighted by Crippen LogP contribution is 2.23.